The van der Waals surface area contributed by atoms with Crippen LogP contribution in [0.25, 0.3) is 27.1 Å². The van der Waals surface area contributed by atoms with Gasteiger partial charge in [-0.25, -0.2) is 8.42 Å². The van der Waals surface area contributed by atoms with Crippen LogP contribution in [0, 0.1) is 0 Å². The molecular formula is C46H46N2O4S. The first-order valence-corrected chi connectivity index (χ1v) is 19.4. The van der Waals surface area contributed by atoms with Crippen molar-refractivity contribution in [2.45, 2.75) is 51.4 Å². The number of hydrogen-bond acceptors (Lipinski definition) is 5. The lowest BCUT2D eigenvalue weighted by Gasteiger charge is -2.24. The number of fused-ring (bicyclic) bond motifs is 6. The van der Waals surface area contributed by atoms with E-state index in [1.807, 2.05) is 0 Å². The molecule has 8 rings (SSSR count). The largest absolute Gasteiger partial charge is 0.726 e. The highest BCUT2D eigenvalue weighted by Crippen LogP contribution is 2.50. The van der Waals surface area contributed by atoms with E-state index in [2.05, 4.69) is 183 Å². The third-order valence-corrected chi connectivity index (χ3v) is 11.7. The highest BCUT2D eigenvalue weighted by atomic mass is 32.3. The van der Waals surface area contributed by atoms with Crippen LogP contribution in [-0.4, -0.2) is 44.5 Å². The monoisotopic (exact) mass is 722 g/mol. The summed E-state index contributed by atoms with van der Waals surface area (Å²) in [4.78, 5) is 2.40. The van der Waals surface area contributed by atoms with Gasteiger partial charge in [-0.05, 0) is 94.3 Å². The molecule has 5 aromatic rings. The molecule has 6 nitrogen and oxygen atoms in total. The predicted molar refractivity (Wildman–Crippen MR) is 218 cm³/mol. The molecule has 53 heavy (non-hydrogen) atoms. The third kappa shape index (κ3) is 6.48. The van der Waals surface area contributed by atoms with Gasteiger partial charge in [-0.3, -0.25) is 4.18 Å². The maximum absolute atomic E-state index is 9.22. The molecular weight excluding hydrogens is 677 g/mol. The summed E-state index contributed by atoms with van der Waals surface area (Å²) in [7, 11) is 0.844. The van der Waals surface area contributed by atoms with Crippen molar-refractivity contribution >= 4 is 54.6 Å². The van der Waals surface area contributed by atoms with Crippen molar-refractivity contribution in [1.82, 2.24) is 0 Å². The molecule has 3 aliphatic rings. The molecule has 5 aromatic carbocycles. The lowest BCUT2D eigenvalue weighted by atomic mass is 9.79. The Morgan fingerprint density at radius 1 is 0.736 bits per heavy atom. The van der Waals surface area contributed by atoms with Crippen LogP contribution in [0.15, 0.2) is 144 Å². The van der Waals surface area contributed by atoms with Gasteiger partial charge in [0.2, 0.25) is 16.1 Å². The van der Waals surface area contributed by atoms with Crippen molar-refractivity contribution in [3.8, 4) is 0 Å². The normalized spacial score (nSPS) is 19.1. The molecule has 0 aromatic heterocycles. The molecule has 0 bridgehead atoms. The van der Waals surface area contributed by atoms with Gasteiger partial charge in [0.25, 0.3) is 0 Å². The molecule has 1 aliphatic carbocycles. The molecule has 7 heteroatoms. The van der Waals surface area contributed by atoms with Gasteiger partial charge in [-0.1, -0.05) is 111 Å². The van der Waals surface area contributed by atoms with Crippen molar-refractivity contribution in [2.24, 2.45) is 0 Å². The van der Waals surface area contributed by atoms with Crippen molar-refractivity contribution in [3.63, 3.8) is 0 Å². The fourth-order valence-electron chi connectivity index (χ4n) is 8.78. The Labute approximate surface area is 313 Å². The van der Waals surface area contributed by atoms with E-state index in [0.717, 1.165) is 20.0 Å². The molecule has 0 saturated heterocycles. The lowest BCUT2D eigenvalue weighted by molar-refractivity contribution is -0.401. The van der Waals surface area contributed by atoms with Crippen LogP contribution in [0.3, 0.4) is 0 Å². The Morgan fingerprint density at radius 2 is 1.32 bits per heavy atom. The molecule has 0 spiro atoms. The van der Waals surface area contributed by atoms with Crippen LogP contribution in [0.4, 0.5) is 11.4 Å². The fraction of sp³-hybridized carbons (Fsp3) is 0.239. The zero-order valence-electron chi connectivity index (χ0n) is 31.5. The van der Waals surface area contributed by atoms with E-state index in [4.69, 9.17) is 0 Å². The fourth-order valence-corrected chi connectivity index (χ4v) is 8.78. The van der Waals surface area contributed by atoms with Crippen molar-refractivity contribution in [3.05, 3.63) is 161 Å². The summed E-state index contributed by atoms with van der Waals surface area (Å²) in [6.45, 7) is 9.50. The number of anilines is 1. The average molecular weight is 723 g/mol. The van der Waals surface area contributed by atoms with Crippen LogP contribution in [0.2, 0.25) is 0 Å². The van der Waals surface area contributed by atoms with E-state index in [-0.39, 0.29) is 10.8 Å². The van der Waals surface area contributed by atoms with Gasteiger partial charge in [0, 0.05) is 41.6 Å². The predicted octanol–water partition coefficient (Wildman–Crippen LogP) is 10.1. The first kappa shape index (κ1) is 36.3. The molecule has 0 radical (unpaired) electrons. The standard InChI is InChI=1S/C45H43N2.CH4O4S/c1-44(2)39(46(5)37-26-22-30-14-10-12-18-35(30)42(37)44)28-24-33-20-21-34(41(33)32-16-8-7-9-17-32)25-29-40-45(3,4)43-36-19-13-11-15-31(36)23-27-38(43)47(40)6;1-5-6(2,3)4/h7-19,22-29H,20-21H2,1-6H3;1H3,(H,2,3,4)/q+1;/p-1. The third-order valence-electron chi connectivity index (χ3n) is 11.2. The minimum atomic E-state index is -4.41. The summed E-state index contributed by atoms with van der Waals surface area (Å²) in [6.07, 6.45) is 11.7. The highest BCUT2D eigenvalue weighted by molar-refractivity contribution is 7.80. The molecule has 0 fully saturated rings. The number of rotatable bonds is 5. The van der Waals surface area contributed by atoms with Crippen LogP contribution >= 0.6 is 0 Å². The zero-order chi connectivity index (χ0) is 37.7. The summed E-state index contributed by atoms with van der Waals surface area (Å²) < 4.78 is 33.4. The van der Waals surface area contributed by atoms with E-state index in [1.54, 1.807) is 0 Å². The molecule has 0 saturated carbocycles. The second-order valence-electron chi connectivity index (χ2n) is 15.0. The first-order chi connectivity index (χ1) is 25.2. The van der Waals surface area contributed by atoms with Gasteiger partial charge in [0.1, 0.15) is 7.05 Å². The van der Waals surface area contributed by atoms with E-state index in [1.165, 1.54) is 77.7 Å². The Bertz CT molecular complexity index is 2540. The Kier molecular flexibility index (Phi) is 9.39. The minimum absolute atomic E-state index is 0.103. The highest BCUT2D eigenvalue weighted by Gasteiger charge is 2.44. The van der Waals surface area contributed by atoms with Crippen LogP contribution in [0.1, 0.15) is 57.2 Å². The zero-order valence-corrected chi connectivity index (χ0v) is 32.3. The van der Waals surface area contributed by atoms with Crippen molar-refractivity contribution < 1.29 is 21.7 Å². The quantitative estimate of drug-likeness (QED) is 0.103. The molecule has 0 unspecified atom stereocenters. The van der Waals surface area contributed by atoms with Crippen molar-refractivity contribution in [2.75, 3.05) is 26.1 Å². The van der Waals surface area contributed by atoms with Crippen LogP contribution in [0.5, 0.6) is 0 Å². The molecule has 270 valence electrons. The molecule has 2 heterocycles. The van der Waals surface area contributed by atoms with Crippen LogP contribution < -0.4 is 4.90 Å². The minimum Gasteiger partial charge on any atom is -0.726 e. The summed E-state index contributed by atoms with van der Waals surface area (Å²) in [5, 5.41) is 5.31. The smallest absolute Gasteiger partial charge is 0.217 e. The molecule has 0 atom stereocenters. The SMILES string of the molecule is CN1/C(=C\C=C2\CCC(/C=C/C3=[N+](C)c4ccc5ccccc5c4C3(C)C)=C2c2ccccc2)C(C)(C)c2c1ccc1ccccc21.COS(=O)(=O)[O-]. The Hall–Kier alpha value is -5.08. The maximum atomic E-state index is 9.22. The lowest BCUT2D eigenvalue weighted by Crippen LogP contribution is -2.26. The molecule has 0 N–H and O–H groups in total. The van der Waals surface area contributed by atoms with E-state index in [0.29, 0.717) is 0 Å². The number of benzene rings is 5. The topological polar surface area (TPSA) is 72.7 Å². The summed E-state index contributed by atoms with van der Waals surface area (Å²) in [5.74, 6) is 0. The van der Waals surface area contributed by atoms with Gasteiger partial charge < -0.3 is 9.45 Å². The number of nitrogens with zero attached hydrogens (tertiary/aromatic N) is 2. The molecule has 2 aliphatic heterocycles. The van der Waals surface area contributed by atoms with Gasteiger partial charge >= 0.3 is 0 Å². The summed E-state index contributed by atoms with van der Waals surface area (Å²) in [6, 6.07) is 37.7. The van der Waals surface area contributed by atoms with Crippen molar-refractivity contribution in [1.29, 1.82) is 0 Å². The number of allylic oxidation sites excluding steroid dienone is 8. The van der Waals surface area contributed by atoms with Crippen LogP contribution in [-0.2, 0) is 25.4 Å². The van der Waals surface area contributed by atoms with Gasteiger partial charge in [0.15, 0.2) is 5.71 Å². The number of likely N-dealkylation sites (N-methyl/N-ethyl adjacent to an activating group) is 1. The first-order valence-electron chi connectivity index (χ1n) is 18.0. The van der Waals surface area contributed by atoms with Gasteiger partial charge in [0.05, 0.1) is 12.5 Å². The Morgan fingerprint density at radius 3 is 1.96 bits per heavy atom. The van der Waals surface area contributed by atoms with Gasteiger partial charge in [-0.15, -0.1) is 0 Å². The van der Waals surface area contributed by atoms with Gasteiger partial charge in [-0.2, -0.15) is 4.58 Å². The number of hydrogen-bond donors (Lipinski definition) is 0. The molecule has 0 amide bonds. The van der Waals surface area contributed by atoms with E-state index < -0.39 is 10.4 Å². The summed E-state index contributed by atoms with van der Waals surface area (Å²) >= 11 is 0. The summed E-state index contributed by atoms with van der Waals surface area (Å²) in [5.41, 5.74) is 13.4. The van der Waals surface area contributed by atoms with E-state index in [9.17, 15) is 13.0 Å². The second kappa shape index (κ2) is 13.7. The average Bonchev–Trinajstić information content (AvgIpc) is 3.71. The second-order valence-corrected chi connectivity index (χ2v) is 16.2. The van der Waals surface area contributed by atoms with E-state index >= 15 is 0 Å². The maximum Gasteiger partial charge on any atom is 0.217 e. The Balaban J connectivity index is 0.000000672.